The number of benzene rings is 2. The molecule has 0 atom stereocenters. The van der Waals surface area contributed by atoms with Crippen molar-refractivity contribution in [2.45, 2.75) is 6.54 Å². The van der Waals surface area contributed by atoms with Crippen LogP contribution in [-0.4, -0.2) is 0 Å². The van der Waals surface area contributed by atoms with Crippen molar-refractivity contribution in [3.63, 3.8) is 0 Å². The molecule has 2 aromatic carbocycles. The summed E-state index contributed by atoms with van der Waals surface area (Å²) in [6.07, 6.45) is 0. The Morgan fingerprint density at radius 2 is 1.80 bits per heavy atom. The van der Waals surface area contributed by atoms with Crippen molar-refractivity contribution >= 4 is 17.3 Å². The van der Waals surface area contributed by atoms with Crippen LogP contribution in [0.1, 0.15) is 16.7 Å². The summed E-state index contributed by atoms with van der Waals surface area (Å²) in [7, 11) is 0. The van der Waals surface area contributed by atoms with Gasteiger partial charge < -0.3 is 5.32 Å². The molecule has 2 aromatic rings. The van der Waals surface area contributed by atoms with E-state index in [2.05, 4.69) is 5.32 Å². The van der Waals surface area contributed by atoms with E-state index in [0.717, 1.165) is 5.56 Å². The Morgan fingerprint density at radius 3 is 2.45 bits per heavy atom. The van der Waals surface area contributed by atoms with E-state index in [4.69, 9.17) is 22.1 Å². The first-order valence-corrected chi connectivity index (χ1v) is 6.14. The molecule has 0 unspecified atom stereocenters. The molecule has 5 heteroatoms. The van der Waals surface area contributed by atoms with Crippen molar-refractivity contribution in [2.24, 2.45) is 0 Å². The van der Waals surface area contributed by atoms with Crippen LogP contribution in [0.25, 0.3) is 0 Å². The lowest BCUT2D eigenvalue weighted by Gasteiger charge is -2.09. The molecule has 0 aliphatic carbocycles. The van der Waals surface area contributed by atoms with Crippen LogP contribution < -0.4 is 5.32 Å². The van der Waals surface area contributed by atoms with Gasteiger partial charge in [-0.3, -0.25) is 0 Å². The SMILES string of the molecule is N#Cc1ccc(NCc2ccc(F)cc2Cl)cc1C#N. The lowest BCUT2D eigenvalue weighted by molar-refractivity contribution is 0.627. The Hall–Kier alpha value is -2.56. The Morgan fingerprint density at radius 1 is 1.05 bits per heavy atom. The van der Waals surface area contributed by atoms with Gasteiger partial charge in [-0.1, -0.05) is 17.7 Å². The number of nitriles is 2. The van der Waals surface area contributed by atoms with Gasteiger partial charge in [-0.05, 0) is 35.9 Å². The zero-order valence-electron chi connectivity index (χ0n) is 10.3. The molecule has 0 saturated heterocycles. The summed E-state index contributed by atoms with van der Waals surface area (Å²) in [6, 6.07) is 13.0. The topological polar surface area (TPSA) is 59.6 Å². The Bertz CT molecular complexity index is 729. The molecule has 0 amide bonds. The summed E-state index contributed by atoms with van der Waals surface area (Å²) in [6.45, 7) is 0.399. The van der Waals surface area contributed by atoms with E-state index < -0.39 is 0 Å². The molecule has 0 radical (unpaired) electrons. The van der Waals surface area contributed by atoms with Crippen molar-refractivity contribution in [3.05, 3.63) is 63.9 Å². The second kappa shape index (κ2) is 6.06. The highest BCUT2D eigenvalue weighted by molar-refractivity contribution is 6.31. The van der Waals surface area contributed by atoms with E-state index in [1.54, 1.807) is 24.3 Å². The van der Waals surface area contributed by atoms with Crippen molar-refractivity contribution in [1.29, 1.82) is 10.5 Å². The van der Waals surface area contributed by atoms with Crippen LogP contribution in [0, 0.1) is 28.5 Å². The maximum absolute atomic E-state index is 12.9. The molecular weight excluding hydrogens is 277 g/mol. The summed E-state index contributed by atoms with van der Waals surface area (Å²) in [5.41, 5.74) is 2.08. The highest BCUT2D eigenvalue weighted by Crippen LogP contribution is 2.20. The lowest BCUT2D eigenvalue weighted by atomic mass is 10.1. The summed E-state index contributed by atoms with van der Waals surface area (Å²) < 4.78 is 12.9. The highest BCUT2D eigenvalue weighted by Gasteiger charge is 2.05. The lowest BCUT2D eigenvalue weighted by Crippen LogP contribution is -2.01. The van der Waals surface area contributed by atoms with Crippen molar-refractivity contribution < 1.29 is 4.39 Å². The van der Waals surface area contributed by atoms with E-state index in [1.807, 2.05) is 12.1 Å². The minimum Gasteiger partial charge on any atom is -0.381 e. The zero-order chi connectivity index (χ0) is 14.5. The van der Waals surface area contributed by atoms with Gasteiger partial charge in [0.05, 0.1) is 11.1 Å². The molecule has 0 spiro atoms. The van der Waals surface area contributed by atoms with Crippen LogP contribution in [0.4, 0.5) is 10.1 Å². The second-order valence-corrected chi connectivity index (χ2v) is 4.48. The average molecular weight is 286 g/mol. The molecule has 0 aliphatic heterocycles. The van der Waals surface area contributed by atoms with Gasteiger partial charge in [0.1, 0.15) is 18.0 Å². The quantitative estimate of drug-likeness (QED) is 0.932. The monoisotopic (exact) mass is 285 g/mol. The first-order chi connectivity index (χ1) is 9.63. The van der Waals surface area contributed by atoms with Crippen molar-refractivity contribution in [2.75, 3.05) is 5.32 Å². The van der Waals surface area contributed by atoms with E-state index in [9.17, 15) is 4.39 Å². The number of hydrogen-bond acceptors (Lipinski definition) is 3. The fourth-order valence-corrected chi connectivity index (χ4v) is 1.94. The number of rotatable bonds is 3. The zero-order valence-corrected chi connectivity index (χ0v) is 11.1. The number of nitrogens with one attached hydrogen (secondary N) is 1. The molecular formula is C15H9ClFN3. The highest BCUT2D eigenvalue weighted by atomic mass is 35.5. The van der Waals surface area contributed by atoms with Crippen LogP contribution in [0.2, 0.25) is 5.02 Å². The smallest absolute Gasteiger partial charge is 0.124 e. The van der Waals surface area contributed by atoms with Crippen LogP contribution >= 0.6 is 11.6 Å². The fraction of sp³-hybridized carbons (Fsp3) is 0.0667. The third-order valence-corrected chi connectivity index (χ3v) is 3.11. The number of halogens is 2. The van der Waals surface area contributed by atoms with Crippen LogP contribution in [-0.2, 0) is 6.54 Å². The van der Waals surface area contributed by atoms with Gasteiger partial charge in [-0.2, -0.15) is 10.5 Å². The molecule has 0 aromatic heterocycles. The largest absolute Gasteiger partial charge is 0.381 e. The predicted octanol–water partition coefficient (Wildman–Crippen LogP) is 3.83. The normalized spacial score (nSPS) is 9.60. The van der Waals surface area contributed by atoms with Crippen molar-refractivity contribution in [1.82, 2.24) is 0 Å². The van der Waals surface area contributed by atoms with Gasteiger partial charge in [-0.25, -0.2) is 4.39 Å². The minimum absolute atomic E-state index is 0.308. The van der Waals surface area contributed by atoms with Gasteiger partial charge in [0.25, 0.3) is 0 Å². The van der Waals surface area contributed by atoms with Gasteiger partial charge >= 0.3 is 0 Å². The number of hydrogen-bond donors (Lipinski definition) is 1. The third kappa shape index (κ3) is 3.06. The van der Waals surface area contributed by atoms with Gasteiger partial charge in [-0.15, -0.1) is 0 Å². The Balaban J connectivity index is 2.16. The molecule has 98 valence electrons. The van der Waals surface area contributed by atoms with E-state index in [-0.39, 0.29) is 5.82 Å². The Kier molecular flexibility index (Phi) is 4.20. The maximum Gasteiger partial charge on any atom is 0.124 e. The molecule has 0 saturated carbocycles. The standard InChI is InChI=1S/C15H9ClFN3/c16-15-6-13(17)3-1-11(15)9-20-14-4-2-10(7-18)12(5-14)8-19/h1-6,20H,9H2. The van der Waals surface area contributed by atoms with Crippen LogP contribution in [0.5, 0.6) is 0 Å². The van der Waals surface area contributed by atoms with Gasteiger partial charge in [0, 0.05) is 17.3 Å². The molecule has 0 fully saturated rings. The summed E-state index contributed by atoms with van der Waals surface area (Å²) >= 11 is 5.93. The van der Waals surface area contributed by atoms with Crippen LogP contribution in [0.15, 0.2) is 36.4 Å². The second-order valence-electron chi connectivity index (χ2n) is 4.07. The average Bonchev–Trinajstić information content (AvgIpc) is 2.46. The third-order valence-electron chi connectivity index (χ3n) is 2.76. The number of anilines is 1. The van der Waals surface area contributed by atoms with Crippen molar-refractivity contribution in [3.8, 4) is 12.1 Å². The maximum atomic E-state index is 12.9. The van der Waals surface area contributed by atoms with E-state index in [0.29, 0.717) is 28.4 Å². The van der Waals surface area contributed by atoms with E-state index in [1.165, 1.54) is 12.1 Å². The first kappa shape index (κ1) is 13.9. The van der Waals surface area contributed by atoms with Gasteiger partial charge in [0.15, 0.2) is 0 Å². The molecule has 20 heavy (non-hydrogen) atoms. The molecule has 2 rings (SSSR count). The molecule has 0 heterocycles. The summed E-state index contributed by atoms with van der Waals surface area (Å²) in [4.78, 5) is 0. The minimum atomic E-state index is -0.385. The Labute approximate surface area is 120 Å². The fourth-order valence-electron chi connectivity index (χ4n) is 1.71. The molecule has 0 aliphatic rings. The van der Waals surface area contributed by atoms with Crippen LogP contribution in [0.3, 0.4) is 0 Å². The molecule has 1 N–H and O–H groups in total. The number of nitrogens with zero attached hydrogens (tertiary/aromatic N) is 2. The summed E-state index contributed by atoms with van der Waals surface area (Å²) in [5.74, 6) is -0.385. The summed E-state index contributed by atoms with van der Waals surface area (Å²) in [5, 5.41) is 21.2. The molecule has 0 bridgehead atoms. The van der Waals surface area contributed by atoms with E-state index >= 15 is 0 Å². The first-order valence-electron chi connectivity index (χ1n) is 5.76. The van der Waals surface area contributed by atoms with Gasteiger partial charge in [0.2, 0.25) is 0 Å². The predicted molar refractivity (Wildman–Crippen MR) is 74.6 cm³/mol. The molecule has 3 nitrogen and oxygen atoms in total.